The lowest BCUT2D eigenvalue weighted by atomic mass is 9.84. The Morgan fingerprint density at radius 3 is 1.83 bits per heavy atom. The molecule has 7 aromatic carbocycles. The Morgan fingerprint density at radius 2 is 1.13 bits per heavy atom. The maximum atomic E-state index is 5.00. The lowest BCUT2D eigenvalue weighted by Crippen LogP contribution is -2.01. The van der Waals surface area contributed by atoms with Gasteiger partial charge in [0.25, 0.3) is 0 Å². The smallest absolute Gasteiger partial charge is 0.114 e. The first-order chi connectivity index (χ1) is 23.3. The topological polar surface area (TPSA) is 30.7 Å². The van der Waals surface area contributed by atoms with Gasteiger partial charge < -0.3 is 0 Å². The number of para-hydroxylation sites is 2. The van der Waals surface area contributed by atoms with Crippen LogP contribution in [0.15, 0.2) is 158 Å². The van der Waals surface area contributed by atoms with Crippen LogP contribution in [0, 0.1) is 0 Å². The molecule has 0 amide bonds. The second kappa shape index (κ2) is 11.1. The SMILES string of the molecule is CCc1nc2ccccc2n1-c1ccc(-c2c3ccccc3c(-c3cccc(-c4ccccn4)c3)c3ccccc23)c2ccccc12. The molecule has 0 N–H and O–H groups in total. The highest BCUT2D eigenvalue weighted by Gasteiger charge is 2.20. The highest BCUT2D eigenvalue weighted by Crippen LogP contribution is 2.46. The van der Waals surface area contributed by atoms with Gasteiger partial charge in [-0.1, -0.05) is 122 Å². The van der Waals surface area contributed by atoms with Gasteiger partial charge in [0.05, 0.1) is 22.4 Å². The van der Waals surface area contributed by atoms with Gasteiger partial charge in [0.2, 0.25) is 0 Å². The number of pyridine rings is 1. The third-order valence-corrected chi connectivity index (χ3v) is 9.40. The van der Waals surface area contributed by atoms with E-state index < -0.39 is 0 Å². The average molecular weight is 602 g/mol. The van der Waals surface area contributed by atoms with Crippen molar-refractivity contribution in [2.75, 3.05) is 0 Å². The summed E-state index contributed by atoms with van der Waals surface area (Å²) in [6, 6.07) is 54.5. The third kappa shape index (κ3) is 4.35. The normalized spacial score (nSPS) is 11.6. The van der Waals surface area contributed by atoms with Crippen LogP contribution in [0.1, 0.15) is 12.7 Å². The van der Waals surface area contributed by atoms with Gasteiger partial charge in [-0.15, -0.1) is 0 Å². The Morgan fingerprint density at radius 1 is 0.511 bits per heavy atom. The van der Waals surface area contributed by atoms with Gasteiger partial charge in [-0.2, -0.15) is 0 Å². The molecule has 0 saturated heterocycles. The predicted octanol–water partition coefficient (Wildman–Crippen LogP) is 11.4. The number of aryl methyl sites for hydroxylation is 1. The number of aromatic nitrogens is 3. The van der Waals surface area contributed by atoms with Crippen molar-refractivity contribution in [3.05, 3.63) is 164 Å². The van der Waals surface area contributed by atoms with E-state index in [0.717, 1.165) is 40.2 Å². The van der Waals surface area contributed by atoms with E-state index in [1.807, 2.05) is 18.3 Å². The van der Waals surface area contributed by atoms with Crippen LogP contribution in [0.25, 0.3) is 82.5 Å². The molecule has 0 fully saturated rings. The second-order valence-corrected chi connectivity index (χ2v) is 12.0. The summed E-state index contributed by atoms with van der Waals surface area (Å²) in [6.45, 7) is 2.18. The molecule has 0 radical (unpaired) electrons. The van der Waals surface area contributed by atoms with Gasteiger partial charge in [0.1, 0.15) is 5.82 Å². The molecule has 0 unspecified atom stereocenters. The average Bonchev–Trinajstić information content (AvgIpc) is 3.52. The van der Waals surface area contributed by atoms with E-state index in [9.17, 15) is 0 Å². The number of nitrogens with zero attached hydrogens (tertiary/aromatic N) is 3. The molecule has 0 aliphatic carbocycles. The summed E-state index contributed by atoms with van der Waals surface area (Å²) in [5, 5.41) is 7.39. The Kier molecular flexibility index (Phi) is 6.43. The van der Waals surface area contributed by atoms with Crippen LogP contribution in [0.2, 0.25) is 0 Å². The van der Waals surface area contributed by atoms with Crippen molar-refractivity contribution in [1.29, 1.82) is 0 Å². The molecule has 0 aliphatic heterocycles. The fourth-order valence-corrected chi connectivity index (χ4v) is 7.38. The largest absolute Gasteiger partial charge is 0.296 e. The first-order valence-corrected chi connectivity index (χ1v) is 16.2. The third-order valence-electron chi connectivity index (χ3n) is 9.40. The van der Waals surface area contributed by atoms with Crippen LogP contribution < -0.4 is 0 Å². The summed E-state index contributed by atoms with van der Waals surface area (Å²) in [5.41, 5.74) is 10.3. The van der Waals surface area contributed by atoms with Crippen molar-refractivity contribution in [3.8, 4) is 39.2 Å². The molecule has 9 rings (SSSR count). The van der Waals surface area contributed by atoms with E-state index in [0.29, 0.717) is 0 Å². The van der Waals surface area contributed by atoms with Gasteiger partial charge in [-0.25, -0.2) is 4.98 Å². The van der Waals surface area contributed by atoms with E-state index in [2.05, 4.69) is 156 Å². The summed E-state index contributed by atoms with van der Waals surface area (Å²) in [4.78, 5) is 9.64. The lowest BCUT2D eigenvalue weighted by molar-refractivity contribution is 0.913. The zero-order chi connectivity index (χ0) is 31.3. The van der Waals surface area contributed by atoms with Crippen LogP contribution in [0.5, 0.6) is 0 Å². The number of rotatable bonds is 5. The lowest BCUT2D eigenvalue weighted by Gasteiger charge is -2.20. The van der Waals surface area contributed by atoms with E-state index >= 15 is 0 Å². The summed E-state index contributed by atoms with van der Waals surface area (Å²) < 4.78 is 2.34. The quantitative estimate of drug-likeness (QED) is 0.184. The Labute approximate surface area is 273 Å². The van der Waals surface area contributed by atoms with Crippen LogP contribution in [0.4, 0.5) is 0 Å². The summed E-state index contributed by atoms with van der Waals surface area (Å²) in [7, 11) is 0. The fraction of sp³-hybridized carbons (Fsp3) is 0.0455. The summed E-state index contributed by atoms with van der Waals surface area (Å²) >= 11 is 0. The van der Waals surface area contributed by atoms with Gasteiger partial charge in [0, 0.05) is 23.6 Å². The molecule has 0 atom stereocenters. The van der Waals surface area contributed by atoms with Crippen LogP contribution >= 0.6 is 0 Å². The summed E-state index contributed by atoms with van der Waals surface area (Å²) in [6.07, 6.45) is 2.71. The zero-order valence-corrected chi connectivity index (χ0v) is 26.1. The minimum absolute atomic E-state index is 0.850. The maximum Gasteiger partial charge on any atom is 0.114 e. The van der Waals surface area contributed by atoms with E-state index in [4.69, 9.17) is 4.98 Å². The van der Waals surface area contributed by atoms with E-state index in [1.165, 1.54) is 54.6 Å². The molecule has 9 aromatic rings. The molecule has 222 valence electrons. The zero-order valence-electron chi connectivity index (χ0n) is 26.1. The number of hydrogen-bond donors (Lipinski definition) is 0. The monoisotopic (exact) mass is 601 g/mol. The number of imidazole rings is 1. The molecule has 47 heavy (non-hydrogen) atoms. The number of fused-ring (bicyclic) bond motifs is 4. The number of benzene rings is 7. The van der Waals surface area contributed by atoms with Crippen LogP contribution in [-0.2, 0) is 6.42 Å². The van der Waals surface area contributed by atoms with Crippen molar-refractivity contribution in [2.24, 2.45) is 0 Å². The minimum Gasteiger partial charge on any atom is -0.296 e. The molecule has 0 aliphatic rings. The first kappa shape index (κ1) is 27.3. The van der Waals surface area contributed by atoms with Crippen molar-refractivity contribution < 1.29 is 0 Å². The summed E-state index contributed by atoms with van der Waals surface area (Å²) in [5.74, 6) is 1.07. The van der Waals surface area contributed by atoms with Crippen molar-refractivity contribution >= 4 is 43.4 Å². The first-order valence-electron chi connectivity index (χ1n) is 16.2. The molecular weight excluding hydrogens is 571 g/mol. The molecule has 2 aromatic heterocycles. The highest BCUT2D eigenvalue weighted by molar-refractivity contribution is 6.24. The highest BCUT2D eigenvalue weighted by atomic mass is 15.1. The molecule has 3 nitrogen and oxygen atoms in total. The van der Waals surface area contributed by atoms with Gasteiger partial charge in [-0.3, -0.25) is 9.55 Å². The van der Waals surface area contributed by atoms with Gasteiger partial charge >= 0.3 is 0 Å². The van der Waals surface area contributed by atoms with E-state index in [1.54, 1.807) is 0 Å². The fourth-order valence-electron chi connectivity index (χ4n) is 7.38. The van der Waals surface area contributed by atoms with Crippen molar-refractivity contribution in [2.45, 2.75) is 13.3 Å². The molecule has 0 spiro atoms. The Balaban J connectivity index is 1.34. The van der Waals surface area contributed by atoms with Crippen LogP contribution in [-0.4, -0.2) is 14.5 Å². The molecular formula is C44H31N3. The van der Waals surface area contributed by atoms with Crippen molar-refractivity contribution in [3.63, 3.8) is 0 Å². The number of hydrogen-bond acceptors (Lipinski definition) is 2. The second-order valence-electron chi connectivity index (χ2n) is 12.0. The molecule has 0 bridgehead atoms. The van der Waals surface area contributed by atoms with Crippen molar-refractivity contribution in [1.82, 2.24) is 14.5 Å². The predicted molar refractivity (Wildman–Crippen MR) is 197 cm³/mol. The Bertz CT molecular complexity index is 2560. The van der Waals surface area contributed by atoms with Gasteiger partial charge in [-0.05, 0) is 85.6 Å². The minimum atomic E-state index is 0.850. The molecule has 2 heterocycles. The molecule has 0 saturated carbocycles. The van der Waals surface area contributed by atoms with Gasteiger partial charge in [0.15, 0.2) is 0 Å². The standard InChI is InChI=1S/C44H31N3/c1-2-42-46-39-23-9-10-24-41(39)47(42)40-26-25-37(31-16-3-4-17-32(31)40)44-35-20-7-5-18-33(35)43(34-19-6-8-21-36(34)44)30-15-13-14-29(28-30)38-22-11-12-27-45-38/h3-28H,2H2,1H3. The van der Waals surface area contributed by atoms with E-state index in [-0.39, 0.29) is 0 Å². The Hall–Kier alpha value is -6.06. The van der Waals surface area contributed by atoms with Crippen LogP contribution in [0.3, 0.4) is 0 Å². The molecule has 3 heteroatoms. The maximum absolute atomic E-state index is 5.00.